The van der Waals surface area contributed by atoms with Crippen molar-refractivity contribution in [3.8, 4) is 11.8 Å². The Morgan fingerprint density at radius 3 is 2.86 bits per heavy atom. The van der Waals surface area contributed by atoms with Crippen LogP contribution in [-0.2, 0) is 10.0 Å². The van der Waals surface area contributed by atoms with Gasteiger partial charge in [-0.1, -0.05) is 16.3 Å². The molecule has 6 nitrogen and oxygen atoms in total. The van der Waals surface area contributed by atoms with Crippen LogP contribution in [0.5, 0.6) is 0 Å². The van der Waals surface area contributed by atoms with E-state index in [0.717, 1.165) is 22.7 Å². The van der Waals surface area contributed by atoms with Gasteiger partial charge in [0.2, 0.25) is 0 Å². The Hall–Kier alpha value is -1.95. The normalized spacial score (nSPS) is 10.8. The van der Waals surface area contributed by atoms with Crippen LogP contribution >= 0.6 is 11.5 Å². The molecule has 0 aliphatic carbocycles. The maximum atomic E-state index is 12.2. The summed E-state index contributed by atoms with van der Waals surface area (Å²) in [4.78, 5) is 0.154. The van der Waals surface area contributed by atoms with E-state index >= 15 is 0 Å². The Labute approximate surface area is 127 Å². The second kappa shape index (κ2) is 6.67. The molecule has 1 aromatic heterocycles. The fourth-order valence-corrected chi connectivity index (χ4v) is 3.33. The molecule has 2 aromatic rings. The van der Waals surface area contributed by atoms with Crippen molar-refractivity contribution >= 4 is 26.6 Å². The number of aromatic nitrogens is 2. The minimum absolute atomic E-state index is 0.00527. The number of anilines is 1. The zero-order valence-electron chi connectivity index (χ0n) is 11.2. The zero-order chi connectivity index (χ0) is 15.3. The monoisotopic (exact) mass is 323 g/mol. The van der Waals surface area contributed by atoms with Gasteiger partial charge in [0.05, 0.1) is 17.7 Å². The minimum atomic E-state index is -3.66. The van der Waals surface area contributed by atoms with Crippen LogP contribution in [0.3, 0.4) is 0 Å². The summed E-state index contributed by atoms with van der Waals surface area (Å²) in [5.41, 5.74) is 1.49. The van der Waals surface area contributed by atoms with Crippen LogP contribution in [0.2, 0.25) is 0 Å². The summed E-state index contributed by atoms with van der Waals surface area (Å²) in [5, 5.41) is 12.6. The second-order valence-corrected chi connectivity index (χ2v) is 6.61. The smallest absolute Gasteiger partial charge is 0.262 e. The number of aliphatic hydroxyl groups is 1. The van der Waals surface area contributed by atoms with Gasteiger partial charge in [-0.15, -0.1) is 5.10 Å². The number of nitrogens with one attached hydrogen (secondary N) is 1. The minimum Gasteiger partial charge on any atom is -0.395 e. The van der Waals surface area contributed by atoms with Crippen molar-refractivity contribution in [1.82, 2.24) is 9.59 Å². The molecule has 0 saturated heterocycles. The number of aryl methyl sites for hydroxylation is 1. The predicted molar refractivity (Wildman–Crippen MR) is 80.5 cm³/mol. The van der Waals surface area contributed by atoms with Gasteiger partial charge in [0, 0.05) is 23.5 Å². The highest BCUT2D eigenvalue weighted by Gasteiger charge is 2.16. The maximum absolute atomic E-state index is 12.2. The zero-order valence-corrected chi connectivity index (χ0v) is 12.8. The molecule has 0 aliphatic rings. The van der Waals surface area contributed by atoms with Crippen LogP contribution in [0.15, 0.2) is 29.3 Å². The second-order valence-electron chi connectivity index (χ2n) is 4.14. The highest BCUT2D eigenvalue weighted by molar-refractivity contribution is 7.93. The lowest BCUT2D eigenvalue weighted by atomic mass is 10.1. The van der Waals surface area contributed by atoms with Gasteiger partial charge in [-0.05, 0) is 30.7 Å². The number of nitrogens with zero attached hydrogens (tertiary/aromatic N) is 2. The molecule has 0 atom stereocenters. The SMILES string of the molecule is Cc1cc(S(=O)(=O)Nc2cnns2)ccc1C#CCCO. The molecule has 0 aliphatic heterocycles. The van der Waals surface area contributed by atoms with Crippen LogP contribution in [0, 0.1) is 18.8 Å². The lowest BCUT2D eigenvalue weighted by Crippen LogP contribution is -2.12. The molecular weight excluding hydrogens is 310 g/mol. The van der Waals surface area contributed by atoms with Gasteiger partial charge in [0.25, 0.3) is 10.0 Å². The molecule has 110 valence electrons. The van der Waals surface area contributed by atoms with Crippen molar-refractivity contribution in [1.29, 1.82) is 0 Å². The van der Waals surface area contributed by atoms with Gasteiger partial charge in [-0.3, -0.25) is 4.72 Å². The van der Waals surface area contributed by atoms with Gasteiger partial charge in [-0.2, -0.15) is 0 Å². The summed E-state index contributed by atoms with van der Waals surface area (Å²) in [6, 6.07) is 4.70. The fraction of sp³-hybridized carbons (Fsp3) is 0.231. The maximum Gasteiger partial charge on any atom is 0.262 e. The first-order chi connectivity index (χ1) is 10.0. The third kappa shape index (κ3) is 4.01. The number of hydrogen-bond acceptors (Lipinski definition) is 6. The summed E-state index contributed by atoms with van der Waals surface area (Å²) in [7, 11) is -3.66. The number of benzene rings is 1. The quantitative estimate of drug-likeness (QED) is 0.829. The first-order valence-electron chi connectivity index (χ1n) is 6.03. The van der Waals surface area contributed by atoms with Crippen molar-refractivity contribution in [2.24, 2.45) is 0 Å². The Bertz CT molecular complexity index is 775. The van der Waals surface area contributed by atoms with Crippen molar-refractivity contribution in [3.05, 3.63) is 35.5 Å². The average molecular weight is 323 g/mol. The van der Waals surface area contributed by atoms with E-state index in [1.807, 2.05) is 0 Å². The summed E-state index contributed by atoms with van der Waals surface area (Å²) < 4.78 is 30.4. The van der Waals surface area contributed by atoms with Gasteiger partial charge >= 0.3 is 0 Å². The average Bonchev–Trinajstić information content (AvgIpc) is 2.93. The third-order valence-electron chi connectivity index (χ3n) is 2.56. The molecule has 1 aromatic carbocycles. The van der Waals surface area contributed by atoms with E-state index in [0.29, 0.717) is 11.4 Å². The van der Waals surface area contributed by atoms with Crippen LogP contribution in [0.4, 0.5) is 5.00 Å². The van der Waals surface area contributed by atoms with Crippen molar-refractivity contribution in [2.45, 2.75) is 18.2 Å². The van der Waals surface area contributed by atoms with Crippen molar-refractivity contribution in [3.63, 3.8) is 0 Å². The highest BCUT2D eigenvalue weighted by Crippen LogP contribution is 2.19. The Balaban J connectivity index is 2.25. The van der Waals surface area contributed by atoms with Crippen molar-refractivity contribution in [2.75, 3.05) is 11.3 Å². The molecule has 1 heterocycles. The molecule has 2 rings (SSSR count). The lowest BCUT2D eigenvalue weighted by Gasteiger charge is -2.07. The fourth-order valence-electron chi connectivity index (χ4n) is 1.56. The van der Waals surface area contributed by atoms with Crippen LogP contribution in [0.1, 0.15) is 17.5 Å². The van der Waals surface area contributed by atoms with Crippen LogP contribution < -0.4 is 4.72 Å². The highest BCUT2D eigenvalue weighted by atomic mass is 32.2. The Morgan fingerprint density at radius 2 is 2.24 bits per heavy atom. The van der Waals surface area contributed by atoms with E-state index in [4.69, 9.17) is 5.11 Å². The van der Waals surface area contributed by atoms with Gasteiger partial charge < -0.3 is 5.11 Å². The molecule has 0 saturated carbocycles. The Kier molecular flexibility index (Phi) is 4.90. The standard InChI is InChI=1S/C13H13N3O3S2/c1-10-8-12(6-5-11(10)4-2-3-7-17)21(18,19)15-13-9-14-16-20-13/h5-6,8-9,15,17H,3,7H2,1H3. The number of aliphatic hydroxyl groups excluding tert-OH is 1. The molecule has 2 N–H and O–H groups in total. The summed E-state index contributed by atoms with van der Waals surface area (Å²) in [5.74, 6) is 5.70. The topological polar surface area (TPSA) is 92.2 Å². The van der Waals surface area contributed by atoms with E-state index < -0.39 is 10.0 Å². The first kappa shape index (κ1) is 15.4. The molecule has 0 bridgehead atoms. The van der Waals surface area contributed by atoms with E-state index in [-0.39, 0.29) is 11.5 Å². The predicted octanol–water partition coefficient (Wildman–Crippen LogP) is 1.38. The van der Waals surface area contributed by atoms with Crippen LogP contribution in [0.25, 0.3) is 0 Å². The molecule has 0 amide bonds. The molecule has 8 heteroatoms. The largest absolute Gasteiger partial charge is 0.395 e. The van der Waals surface area contributed by atoms with Gasteiger partial charge in [0.15, 0.2) is 0 Å². The van der Waals surface area contributed by atoms with Crippen LogP contribution in [-0.4, -0.2) is 29.7 Å². The number of rotatable bonds is 4. The van der Waals surface area contributed by atoms with Crippen molar-refractivity contribution < 1.29 is 13.5 Å². The number of sulfonamides is 1. The van der Waals surface area contributed by atoms with E-state index in [2.05, 4.69) is 26.1 Å². The number of hydrogen-bond donors (Lipinski definition) is 2. The molecule has 0 radical (unpaired) electrons. The van der Waals surface area contributed by atoms with E-state index in [9.17, 15) is 8.42 Å². The molecule has 0 spiro atoms. The van der Waals surface area contributed by atoms with Gasteiger partial charge in [-0.25, -0.2) is 8.42 Å². The Morgan fingerprint density at radius 1 is 1.43 bits per heavy atom. The molecular formula is C13H13N3O3S2. The first-order valence-corrected chi connectivity index (χ1v) is 8.29. The lowest BCUT2D eigenvalue weighted by molar-refractivity contribution is 0.305. The third-order valence-corrected chi connectivity index (χ3v) is 4.64. The summed E-state index contributed by atoms with van der Waals surface area (Å²) in [6.07, 6.45) is 1.74. The molecule has 0 unspecified atom stereocenters. The van der Waals surface area contributed by atoms with E-state index in [1.54, 1.807) is 19.1 Å². The summed E-state index contributed by atoms with van der Waals surface area (Å²) >= 11 is 0.968. The van der Waals surface area contributed by atoms with E-state index in [1.165, 1.54) is 12.3 Å². The molecule has 21 heavy (non-hydrogen) atoms. The van der Waals surface area contributed by atoms with Gasteiger partial charge in [0.1, 0.15) is 5.00 Å². The summed E-state index contributed by atoms with van der Waals surface area (Å²) in [6.45, 7) is 1.79. The molecule has 0 fully saturated rings.